The molecule has 16 heavy (non-hydrogen) atoms. The Labute approximate surface area is 93.6 Å². The summed E-state index contributed by atoms with van der Waals surface area (Å²) in [6.07, 6.45) is 1.76. The van der Waals surface area contributed by atoms with E-state index in [1.165, 1.54) is 11.3 Å². The molecule has 0 unspecified atom stereocenters. The molecule has 0 fully saturated rings. The molecular weight excluding hydrogens is 230 g/mol. The Bertz CT molecular complexity index is 599. The van der Waals surface area contributed by atoms with Crippen LogP contribution in [0.5, 0.6) is 0 Å². The Morgan fingerprint density at radius 2 is 2.31 bits per heavy atom. The van der Waals surface area contributed by atoms with E-state index in [4.69, 9.17) is 0 Å². The average Bonchev–Trinajstić information content (AvgIpc) is 2.63. The Morgan fingerprint density at radius 3 is 2.94 bits per heavy atom. The molecule has 2 aromatic heterocycles. The Balaban J connectivity index is 2.10. The van der Waals surface area contributed by atoms with Crippen LogP contribution in [0.15, 0.2) is 15.8 Å². The highest BCUT2D eigenvalue weighted by atomic mass is 32.1. The Kier molecular flexibility index (Phi) is 2.82. The van der Waals surface area contributed by atoms with Crippen LogP contribution in [0.25, 0.3) is 0 Å². The van der Waals surface area contributed by atoms with Crippen LogP contribution in [0.3, 0.4) is 0 Å². The summed E-state index contributed by atoms with van der Waals surface area (Å²) in [6.45, 7) is 2.35. The molecule has 0 atom stereocenters. The van der Waals surface area contributed by atoms with Crippen LogP contribution in [0.1, 0.15) is 9.88 Å². The third kappa shape index (κ3) is 2.34. The highest BCUT2D eigenvalue weighted by molar-refractivity contribution is 7.11. The van der Waals surface area contributed by atoms with E-state index >= 15 is 0 Å². The number of thiazole rings is 1. The first-order valence-electron chi connectivity index (χ1n) is 4.49. The minimum Gasteiger partial charge on any atom is -0.358 e. The smallest absolute Gasteiger partial charge is 0.342 e. The number of rotatable bonds is 3. The lowest BCUT2D eigenvalue weighted by molar-refractivity contribution is 0.881. The maximum Gasteiger partial charge on any atom is 0.342 e. The highest BCUT2D eigenvalue weighted by Gasteiger charge is 2.03. The van der Waals surface area contributed by atoms with Gasteiger partial charge in [0.05, 0.1) is 6.54 Å². The van der Waals surface area contributed by atoms with E-state index in [9.17, 15) is 9.59 Å². The molecule has 2 aromatic rings. The predicted molar refractivity (Wildman–Crippen MR) is 59.7 cm³/mol. The Hall–Kier alpha value is -1.96. The van der Waals surface area contributed by atoms with Crippen molar-refractivity contribution in [2.24, 2.45) is 0 Å². The normalized spacial score (nSPS) is 10.3. The average molecular weight is 239 g/mol. The van der Waals surface area contributed by atoms with Crippen molar-refractivity contribution in [2.45, 2.75) is 13.5 Å². The van der Waals surface area contributed by atoms with Crippen molar-refractivity contribution < 1.29 is 0 Å². The summed E-state index contributed by atoms with van der Waals surface area (Å²) in [5.41, 5.74) is -1.17. The Morgan fingerprint density at radius 1 is 1.50 bits per heavy atom. The van der Waals surface area contributed by atoms with Crippen LogP contribution >= 0.6 is 11.3 Å². The van der Waals surface area contributed by atoms with Crippen LogP contribution in [0.4, 0.5) is 5.82 Å². The van der Waals surface area contributed by atoms with Crippen LogP contribution in [0.2, 0.25) is 0 Å². The van der Waals surface area contributed by atoms with Crippen molar-refractivity contribution in [1.29, 1.82) is 0 Å². The lowest BCUT2D eigenvalue weighted by atomic mass is 10.6. The number of hydrogen-bond donors (Lipinski definition) is 3. The zero-order chi connectivity index (χ0) is 11.5. The maximum absolute atomic E-state index is 11.2. The fraction of sp³-hybridized carbons (Fsp3) is 0.250. The van der Waals surface area contributed by atoms with Crippen LogP contribution < -0.4 is 16.6 Å². The molecule has 3 N–H and O–H groups in total. The van der Waals surface area contributed by atoms with Gasteiger partial charge in [-0.25, -0.2) is 14.9 Å². The first kappa shape index (κ1) is 10.6. The van der Waals surface area contributed by atoms with E-state index in [0.29, 0.717) is 6.54 Å². The molecule has 2 rings (SSSR count). The molecule has 0 aliphatic heterocycles. The summed E-state index contributed by atoms with van der Waals surface area (Å²) in [6, 6.07) is 0. The van der Waals surface area contributed by atoms with Crippen LogP contribution in [0, 0.1) is 6.92 Å². The molecule has 0 saturated heterocycles. The van der Waals surface area contributed by atoms with Crippen LogP contribution in [-0.4, -0.2) is 20.2 Å². The number of aryl methyl sites for hydroxylation is 1. The predicted octanol–water partition coefficient (Wildman–Crippen LogP) is -0.165. The monoisotopic (exact) mass is 239 g/mol. The molecule has 0 amide bonds. The van der Waals surface area contributed by atoms with Gasteiger partial charge in [-0.3, -0.25) is 9.78 Å². The van der Waals surface area contributed by atoms with Crippen molar-refractivity contribution >= 4 is 17.2 Å². The molecule has 0 bridgehead atoms. The van der Waals surface area contributed by atoms with Gasteiger partial charge < -0.3 is 5.32 Å². The van der Waals surface area contributed by atoms with Crippen molar-refractivity contribution in [1.82, 2.24) is 20.2 Å². The lowest BCUT2D eigenvalue weighted by Crippen LogP contribution is -2.26. The number of H-pyrrole nitrogens is 2. The van der Waals surface area contributed by atoms with Crippen molar-refractivity contribution in [3.8, 4) is 0 Å². The van der Waals surface area contributed by atoms with Gasteiger partial charge in [0.25, 0.3) is 5.56 Å². The third-order valence-corrected chi connectivity index (χ3v) is 2.70. The maximum atomic E-state index is 11.2. The number of aromatic nitrogens is 4. The second-order valence-electron chi connectivity index (χ2n) is 3.07. The second kappa shape index (κ2) is 4.27. The van der Waals surface area contributed by atoms with E-state index in [-0.39, 0.29) is 5.82 Å². The first-order valence-corrected chi connectivity index (χ1v) is 5.31. The number of aromatic amines is 2. The third-order valence-electron chi connectivity index (χ3n) is 1.79. The fourth-order valence-corrected chi connectivity index (χ4v) is 1.84. The van der Waals surface area contributed by atoms with Crippen molar-refractivity contribution in [3.63, 3.8) is 0 Å². The van der Waals surface area contributed by atoms with E-state index in [0.717, 1.165) is 9.88 Å². The summed E-state index contributed by atoms with van der Waals surface area (Å²) in [4.78, 5) is 29.2. The van der Waals surface area contributed by atoms with E-state index < -0.39 is 11.2 Å². The molecule has 7 nitrogen and oxygen atoms in total. The molecule has 0 aromatic carbocycles. The summed E-state index contributed by atoms with van der Waals surface area (Å²) < 4.78 is 0. The number of nitrogens with zero attached hydrogens (tertiary/aromatic N) is 2. The summed E-state index contributed by atoms with van der Waals surface area (Å²) >= 11 is 1.53. The molecule has 0 aliphatic carbocycles. The van der Waals surface area contributed by atoms with Gasteiger partial charge >= 0.3 is 5.69 Å². The minimum atomic E-state index is -0.624. The van der Waals surface area contributed by atoms with Crippen LogP contribution in [-0.2, 0) is 6.54 Å². The van der Waals surface area contributed by atoms with Gasteiger partial charge in [0.1, 0.15) is 5.01 Å². The standard InChI is InChI=1S/C8H9N5O2S/c1-4-2-9-5(16-4)3-10-6-7(14)11-8(15)13-12-6/h2H,3H2,1H3,(H,10,12)(H2,11,13,14,15). The van der Waals surface area contributed by atoms with Gasteiger partial charge in [0, 0.05) is 11.1 Å². The SMILES string of the molecule is Cc1cnc(CNc2n[nH]c(=O)[nH]c2=O)s1. The zero-order valence-electron chi connectivity index (χ0n) is 8.40. The fourth-order valence-electron chi connectivity index (χ4n) is 1.11. The van der Waals surface area contributed by atoms with E-state index in [2.05, 4.69) is 25.5 Å². The number of nitrogens with one attached hydrogen (secondary N) is 3. The molecule has 0 saturated carbocycles. The molecule has 0 spiro atoms. The summed E-state index contributed by atoms with van der Waals surface area (Å²) in [5.74, 6) is 0.0763. The highest BCUT2D eigenvalue weighted by Crippen LogP contribution is 2.11. The zero-order valence-corrected chi connectivity index (χ0v) is 9.22. The van der Waals surface area contributed by atoms with Gasteiger partial charge in [-0.05, 0) is 6.92 Å². The van der Waals surface area contributed by atoms with E-state index in [1.54, 1.807) is 6.20 Å². The summed E-state index contributed by atoms with van der Waals surface area (Å²) in [5, 5.41) is 9.37. The molecule has 8 heteroatoms. The van der Waals surface area contributed by atoms with Crippen molar-refractivity contribution in [2.75, 3.05) is 5.32 Å². The van der Waals surface area contributed by atoms with Gasteiger partial charge in [0.2, 0.25) is 5.82 Å². The number of hydrogen-bond acceptors (Lipinski definition) is 6. The molecular formula is C8H9N5O2S. The molecule has 0 radical (unpaired) electrons. The van der Waals surface area contributed by atoms with Gasteiger partial charge in [-0.15, -0.1) is 16.4 Å². The molecule has 0 aliphatic rings. The largest absolute Gasteiger partial charge is 0.358 e. The lowest BCUT2D eigenvalue weighted by Gasteiger charge is -1.99. The van der Waals surface area contributed by atoms with Gasteiger partial charge in [0.15, 0.2) is 0 Å². The first-order chi connectivity index (χ1) is 7.65. The summed E-state index contributed by atoms with van der Waals surface area (Å²) in [7, 11) is 0. The quantitative estimate of drug-likeness (QED) is 0.690. The topological polar surface area (TPSA) is 104 Å². The van der Waals surface area contributed by atoms with Gasteiger partial charge in [-0.2, -0.15) is 0 Å². The molecule has 2 heterocycles. The molecule has 84 valence electrons. The van der Waals surface area contributed by atoms with Gasteiger partial charge in [-0.1, -0.05) is 0 Å². The van der Waals surface area contributed by atoms with Crippen molar-refractivity contribution in [3.05, 3.63) is 36.9 Å². The van der Waals surface area contributed by atoms with E-state index in [1.807, 2.05) is 6.92 Å². The minimum absolute atomic E-state index is 0.0763. The number of anilines is 1. The second-order valence-corrected chi connectivity index (χ2v) is 4.39.